The highest BCUT2D eigenvalue weighted by Crippen LogP contribution is 2.50. The number of rotatable bonds is 8. The van der Waals surface area contributed by atoms with Crippen LogP contribution in [-0.2, 0) is 20.7 Å². The molecule has 3 aliphatic rings. The number of Topliss-reactive ketones (excluding diaryl/α,β-unsaturated/α-hetero) is 1. The third-order valence-corrected chi connectivity index (χ3v) is 8.13. The highest BCUT2D eigenvalue weighted by Gasteiger charge is 2.44. The number of hydrogen-bond donors (Lipinski definition) is 1. The van der Waals surface area contributed by atoms with Crippen LogP contribution in [0.15, 0.2) is 89.3 Å². The number of nitro benzene ring substituents is 1. The van der Waals surface area contributed by atoms with Crippen molar-refractivity contribution in [3.8, 4) is 17.2 Å². The van der Waals surface area contributed by atoms with Gasteiger partial charge in [0.1, 0.15) is 5.75 Å². The topological polar surface area (TPSA) is 126 Å². The number of esters is 1. The molecule has 2 atom stereocenters. The SMILES string of the molecule is COc1ccc(C2CC(=O)C3=C(C2)NC(C)=C(C(=O)OCCc2ccccc2)C3c2cc3c(cc2[N+](=O)[O-])OCO3)cc1. The Labute approximate surface area is 248 Å². The average molecular weight is 583 g/mol. The second kappa shape index (κ2) is 11.6. The normalized spacial score (nSPS) is 19.1. The van der Waals surface area contributed by atoms with Gasteiger partial charge in [0, 0.05) is 35.4 Å². The van der Waals surface area contributed by atoms with Crippen LogP contribution in [0.4, 0.5) is 5.69 Å². The Kier molecular flexibility index (Phi) is 7.58. The fourth-order valence-corrected chi connectivity index (χ4v) is 6.05. The van der Waals surface area contributed by atoms with Gasteiger partial charge in [-0.15, -0.1) is 0 Å². The fourth-order valence-electron chi connectivity index (χ4n) is 6.05. The van der Waals surface area contributed by atoms with Gasteiger partial charge in [-0.3, -0.25) is 14.9 Å². The molecule has 0 spiro atoms. The molecule has 0 fully saturated rings. The van der Waals surface area contributed by atoms with Crippen LogP contribution in [0.5, 0.6) is 17.2 Å². The molecular weight excluding hydrogens is 552 g/mol. The molecule has 220 valence electrons. The number of benzene rings is 3. The van der Waals surface area contributed by atoms with E-state index in [9.17, 15) is 19.7 Å². The van der Waals surface area contributed by atoms with E-state index in [4.69, 9.17) is 18.9 Å². The van der Waals surface area contributed by atoms with Gasteiger partial charge in [-0.25, -0.2) is 4.79 Å². The number of allylic oxidation sites excluding steroid dienone is 3. The lowest BCUT2D eigenvalue weighted by atomic mass is 9.71. The first-order chi connectivity index (χ1) is 20.8. The molecule has 0 aromatic heterocycles. The number of nitrogens with zero attached hydrogens (tertiary/aromatic N) is 1. The number of carbonyl (C=O) groups is 2. The summed E-state index contributed by atoms with van der Waals surface area (Å²) in [6, 6.07) is 20.0. The fraction of sp³-hybridized carbons (Fsp3) is 0.273. The van der Waals surface area contributed by atoms with E-state index in [1.807, 2.05) is 54.6 Å². The number of ether oxygens (including phenoxy) is 4. The quantitative estimate of drug-likeness (QED) is 0.209. The summed E-state index contributed by atoms with van der Waals surface area (Å²) in [6.45, 7) is 1.75. The summed E-state index contributed by atoms with van der Waals surface area (Å²) in [6.07, 6.45) is 1.16. The third-order valence-electron chi connectivity index (χ3n) is 8.13. The van der Waals surface area contributed by atoms with Crippen molar-refractivity contribution in [2.45, 2.75) is 38.0 Å². The van der Waals surface area contributed by atoms with Crippen LogP contribution in [0.2, 0.25) is 0 Å². The van der Waals surface area contributed by atoms with E-state index < -0.39 is 16.8 Å². The highest BCUT2D eigenvalue weighted by molar-refractivity contribution is 6.04. The molecule has 0 saturated heterocycles. The molecule has 10 nitrogen and oxygen atoms in total. The summed E-state index contributed by atoms with van der Waals surface area (Å²) in [5.74, 6) is -0.728. The molecule has 0 bridgehead atoms. The minimum Gasteiger partial charge on any atom is -0.497 e. The summed E-state index contributed by atoms with van der Waals surface area (Å²) >= 11 is 0. The third kappa shape index (κ3) is 5.43. The van der Waals surface area contributed by atoms with Crippen molar-refractivity contribution in [2.24, 2.45) is 0 Å². The van der Waals surface area contributed by atoms with Crippen molar-refractivity contribution in [2.75, 3.05) is 20.5 Å². The number of dihydropyridines is 1. The van der Waals surface area contributed by atoms with E-state index in [2.05, 4.69) is 5.32 Å². The molecule has 2 heterocycles. The maximum Gasteiger partial charge on any atom is 0.336 e. The standard InChI is InChI=1S/C33H30N2O8/c1-19-30(33(37)41-13-12-20-6-4-3-5-7-20)31(24-16-28-29(43-18-42-28)17-26(24)35(38)39)32-25(34-19)14-22(15-27(32)36)21-8-10-23(40-2)11-9-21/h3-11,16-17,22,31,34H,12-15,18H2,1-2H3. The van der Waals surface area contributed by atoms with Crippen LogP contribution in [-0.4, -0.2) is 37.2 Å². The largest absolute Gasteiger partial charge is 0.497 e. The minimum atomic E-state index is -1.03. The zero-order valence-electron chi connectivity index (χ0n) is 23.8. The van der Waals surface area contributed by atoms with E-state index in [1.165, 1.54) is 12.1 Å². The van der Waals surface area contributed by atoms with E-state index in [-0.39, 0.29) is 54.1 Å². The smallest absolute Gasteiger partial charge is 0.336 e. The monoisotopic (exact) mass is 582 g/mol. The summed E-state index contributed by atoms with van der Waals surface area (Å²) in [4.78, 5) is 39.5. The molecule has 0 radical (unpaired) electrons. The molecule has 2 aliphatic heterocycles. The summed E-state index contributed by atoms with van der Waals surface area (Å²) < 4.78 is 21.9. The van der Waals surface area contributed by atoms with Gasteiger partial charge in [0.25, 0.3) is 5.69 Å². The summed E-state index contributed by atoms with van der Waals surface area (Å²) in [5, 5.41) is 15.6. The molecule has 2 unspecified atom stereocenters. The molecule has 43 heavy (non-hydrogen) atoms. The van der Waals surface area contributed by atoms with Gasteiger partial charge in [0.15, 0.2) is 17.3 Å². The number of nitrogens with one attached hydrogen (secondary N) is 1. The first kappa shape index (κ1) is 28.0. The van der Waals surface area contributed by atoms with E-state index >= 15 is 0 Å². The Balaban J connectivity index is 1.40. The lowest BCUT2D eigenvalue weighted by molar-refractivity contribution is -0.385. The van der Waals surface area contributed by atoms with Crippen LogP contribution in [0.1, 0.15) is 48.3 Å². The number of hydrogen-bond acceptors (Lipinski definition) is 9. The zero-order valence-corrected chi connectivity index (χ0v) is 23.8. The number of ketones is 1. The molecule has 6 rings (SSSR count). The van der Waals surface area contributed by atoms with Gasteiger partial charge < -0.3 is 24.3 Å². The number of methoxy groups -OCH3 is 1. The lowest BCUT2D eigenvalue weighted by Crippen LogP contribution is -2.36. The highest BCUT2D eigenvalue weighted by atomic mass is 16.7. The molecule has 1 N–H and O–H groups in total. The minimum absolute atomic E-state index is 0.0815. The van der Waals surface area contributed by atoms with Crippen molar-refractivity contribution >= 4 is 17.4 Å². The van der Waals surface area contributed by atoms with Crippen molar-refractivity contribution in [1.82, 2.24) is 5.32 Å². The second-order valence-electron chi connectivity index (χ2n) is 10.7. The molecule has 10 heteroatoms. The second-order valence-corrected chi connectivity index (χ2v) is 10.7. The lowest BCUT2D eigenvalue weighted by Gasteiger charge is -2.36. The number of nitro groups is 1. The van der Waals surface area contributed by atoms with Crippen LogP contribution >= 0.6 is 0 Å². The summed E-state index contributed by atoms with van der Waals surface area (Å²) in [7, 11) is 1.59. The van der Waals surface area contributed by atoms with Gasteiger partial charge in [-0.1, -0.05) is 42.5 Å². The van der Waals surface area contributed by atoms with Gasteiger partial charge in [-0.2, -0.15) is 0 Å². The number of carbonyl (C=O) groups excluding carboxylic acids is 2. The van der Waals surface area contributed by atoms with E-state index in [1.54, 1.807) is 14.0 Å². The molecule has 0 saturated carbocycles. The Bertz CT molecular complexity index is 1660. The predicted octanol–water partition coefficient (Wildman–Crippen LogP) is 5.48. The molecule has 3 aromatic carbocycles. The van der Waals surface area contributed by atoms with Gasteiger partial charge in [0.2, 0.25) is 6.79 Å². The van der Waals surface area contributed by atoms with Crippen LogP contribution in [0.25, 0.3) is 0 Å². The Morgan fingerprint density at radius 1 is 1.05 bits per heavy atom. The number of fused-ring (bicyclic) bond motifs is 1. The maximum atomic E-state index is 14.0. The molecule has 3 aromatic rings. The first-order valence-corrected chi connectivity index (χ1v) is 14.0. The molecule has 0 amide bonds. The van der Waals surface area contributed by atoms with Gasteiger partial charge in [-0.05, 0) is 48.6 Å². The predicted molar refractivity (Wildman–Crippen MR) is 156 cm³/mol. The Morgan fingerprint density at radius 2 is 1.77 bits per heavy atom. The van der Waals surface area contributed by atoms with Crippen molar-refractivity contribution in [3.05, 3.63) is 116 Å². The molecular formula is C33H30N2O8. The first-order valence-electron chi connectivity index (χ1n) is 14.0. The van der Waals surface area contributed by atoms with Crippen molar-refractivity contribution in [3.63, 3.8) is 0 Å². The van der Waals surface area contributed by atoms with Crippen LogP contribution in [0, 0.1) is 10.1 Å². The van der Waals surface area contributed by atoms with Gasteiger partial charge >= 0.3 is 5.97 Å². The van der Waals surface area contributed by atoms with Crippen LogP contribution < -0.4 is 19.5 Å². The van der Waals surface area contributed by atoms with Crippen LogP contribution in [0.3, 0.4) is 0 Å². The maximum absolute atomic E-state index is 14.0. The average Bonchev–Trinajstić information content (AvgIpc) is 3.48. The zero-order chi connectivity index (χ0) is 30.1. The molecule has 1 aliphatic carbocycles. The Morgan fingerprint density at radius 3 is 2.47 bits per heavy atom. The summed E-state index contributed by atoms with van der Waals surface area (Å²) in [5.41, 5.74) is 3.47. The Hall–Kier alpha value is -5.12. The van der Waals surface area contributed by atoms with Crippen molar-refractivity contribution < 1.29 is 33.5 Å². The van der Waals surface area contributed by atoms with E-state index in [0.29, 0.717) is 41.3 Å². The van der Waals surface area contributed by atoms with Gasteiger partial charge in [0.05, 0.1) is 36.2 Å². The van der Waals surface area contributed by atoms with E-state index in [0.717, 1.165) is 11.1 Å². The van der Waals surface area contributed by atoms with Crippen molar-refractivity contribution in [1.29, 1.82) is 0 Å².